The first kappa shape index (κ1) is 10.1. The Balaban J connectivity index is 1.96. The monoisotopic (exact) mass is 206 g/mol. The first-order valence-corrected chi connectivity index (χ1v) is 6.17. The molecule has 0 bridgehead atoms. The molecule has 1 aromatic rings. The summed E-state index contributed by atoms with van der Waals surface area (Å²) in [5.74, 6) is 0. The lowest BCUT2D eigenvalue weighted by Crippen LogP contribution is -2.28. The molecule has 0 unspecified atom stereocenters. The fourth-order valence-electron chi connectivity index (χ4n) is 1.91. The van der Waals surface area contributed by atoms with E-state index in [4.69, 9.17) is 5.73 Å². The molecule has 1 fully saturated rings. The topological polar surface area (TPSA) is 23.8 Å². The Kier molecular flexibility index (Phi) is 3.49. The Labute approximate surface area is 90.1 Å². The molecular weight excluding hydrogens is 190 g/mol. The molecule has 0 spiro atoms. The average Bonchev–Trinajstić information content (AvgIpc) is 2.23. The SMILES string of the molecule is [NH][C@@H]1CCCC[C@@H]1Sc1ccccc1. The van der Waals surface area contributed by atoms with Gasteiger partial charge in [-0.1, -0.05) is 31.0 Å². The van der Waals surface area contributed by atoms with Crippen molar-refractivity contribution in [3.05, 3.63) is 30.3 Å². The second kappa shape index (κ2) is 4.85. The van der Waals surface area contributed by atoms with E-state index in [1.165, 1.54) is 24.2 Å². The zero-order chi connectivity index (χ0) is 9.80. The number of hydrogen-bond acceptors (Lipinski definition) is 1. The molecule has 0 aromatic heterocycles. The molecule has 1 aliphatic carbocycles. The van der Waals surface area contributed by atoms with Crippen LogP contribution in [0.25, 0.3) is 0 Å². The highest BCUT2D eigenvalue weighted by Gasteiger charge is 2.22. The highest BCUT2D eigenvalue weighted by Crippen LogP contribution is 2.33. The number of nitrogens with one attached hydrogen (secondary N) is 1. The fraction of sp³-hybridized carbons (Fsp3) is 0.500. The molecule has 1 aromatic carbocycles. The minimum Gasteiger partial charge on any atom is -0.253 e. The van der Waals surface area contributed by atoms with Crippen molar-refractivity contribution in [2.24, 2.45) is 0 Å². The Morgan fingerprint density at radius 2 is 1.79 bits per heavy atom. The molecule has 1 aliphatic rings. The lowest BCUT2D eigenvalue weighted by atomic mass is 9.96. The summed E-state index contributed by atoms with van der Waals surface area (Å²) in [6.45, 7) is 0. The van der Waals surface area contributed by atoms with Crippen molar-refractivity contribution < 1.29 is 0 Å². The van der Waals surface area contributed by atoms with Crippen LogP contribution in [0, 0.1) is 0 Å². The summed E-state index contributed by atoms with van der Waals surface area (Å²) in [7, 11) is 0. The lowest BCUT2D eigenvalue weighted by molar-refractivity contribution is 0.444. The summed E-state index contributed by atoms with van der Waals surface area (Å²) in [6, 6.07) is 10.6. The molecule has 1 saturated carbocycles. The van der Waals surface area contributed by atoms with Crippen LogP contribution in [-0.4, -0.2) is 11.3 Å². The Bertz CT molecular complexity index is 273. The third-order valence-electron chi connectivity index (χ3n) is 2.73. The summed E-state index contributed by atoms with van der Waals surface area (Å²) >= 11 is 1.89. The van der Waals surface area contributed by atoms with Crippen molar-refractivity contribution in [2.75, 3.05) is 0 Å². The number of benzene rings is 1. The van der Waals surface area contributed by atoms with Gasteiger partial charge in [0.05, 0.1) is 0 Å². The summed E-state index contributed by atoms with van der Waals surface area (Å²) in [4.78, 5) is 1.32. The number of thioether (sulfide) groups is 1. The van der Waals surface area contributed by atoms with Crippen LogP contribution in [0.4, 0.5) is 0 Å². The van der Waals surface area contributed by atoms with Crippen molar-refractivity contribution in [3.63, 3.8) is 0 Å². The van der Waals surface area contributed by atoms with Gasteiger partial charge in [0, 0.05) is 16.2 Å². The van der Waals surface area contributed by atoms with Crippen LogP contribution >= 0.6 is 11.8 Å². The van der Waals surface area contributed by atoms with Gasteiger partial charge >= 0.3 is 0 Å². The molecule has 0 saturated heterocycles. The van der Waals surface area contributed by atoms with Gasteiger partial charge in [0.25, 0.3) is 0 Å². The van der Waals surface area contributed by atoms with Crippen LogP contribution in [0.1, 0.15) is 25.7 Å². The minimum atomic E-state index is 0.147. The van der Waals surface area contributed by atoms with E-state index in [2.05, 4.69) is 24.3 Å². The van der Waals surface area contributed by atoms with E-state index in [-0.39, 0.29) is 6.04 Å². The maximum Gasteiger partial charge on any atom is 0.0335 e. The van der Waals surface area contributed by atoms with E-state index >= 15 is 0 Å². The van der Waals surface area contributed by atoms with Gasteiger partial charge in [-0.2, -0.15) is 0 Å². The molecule has 0 aliphatic heterocycles. The highest BCUT2D eigenvalue weighted by atomic mass is 32.2. The predicted molar refractivity (Wildman–Crippen MR) is 61.4 cm³/mol. The molecule has 2 rings (SSSR count). The van der Waals surface area contributed by atoms with E-state index in [0.29, 0.717) is 5.25 Å². The average molecular weight is 206 g/mol. The van der Waals surface area contributed by atoms with E-state index in [0.717, 1.165) is 6.42 Å². The molecule has 0 amide bonds. The molecule has 0 heterocycles. The molecule has 2 atom stereocenters. The van der Waals surface area contributed by atoms with E-state index in [9.17, 15) is 0 Å². The molecule has 1 nitrogen and oxygen atoms in total. The fourth-order valence-corrected chi connectivity index (χ4v) is 3.16. The molecule has 1 radical (unpaired) electrons. The van der Waals surface area contributed by atoms with Gasteiger partial charge in [0.1, 0.15) is 0 Å². The highest BCUT2D eigenvalue weighted by molar-refractivity contribution is 8.00. The quantitative estimate of drug-likeness (QED) is 0.727. The normalized spacial score (nSPS) is 27.5. The van der Waals surface area contributed by atoms with E-state index in [1.54, 1.807) is 0 Å². The molecule has 2 heteroatoms. The smallest absolute Gasteiger partial charge is 0.0335 e. The van der Waals surface area contributed by atoms with Crippen LogP contribution in [0.2, 0.25) is 0 Å². The number of rotatable bonds is 2. The molecule has 1 N–H and O–H groups in total. The summed E-state index contributed by atoms with van der Waals surface area (Å²) in [5, 5.41) is 0.520. The Morgan fingerprint density at radius 1 is 1.07 bits per heavy atom. The van der Waals surface area contributed by atoms with Crippen LogP contribution in [-0.2, 0) is 0 Å². The van der Waals surface area contributed by atoms with Gasteiger partial charge in [0.2, 0.25) is 0 Å². The standard InChI is InChI=1S/C12H16NS/c13-11-8-4-5-9-12(11)14-10-6-2-1-3-7-10/h1-3,6-7,11-13H,4-5,8-9H2/t11-,12+/m1/s1. The number of hydrogen-bond donors (Lipinski definition) is 0. The summed E-state index contributed by atoms with van der Waals surface area (Å²) in [5.41, 5.74) is 7.96. The van der Waals surface area contributed by atoms with Gasteiger partial charge in [-0.3, -0.25) is 5.73 Å². The van der Waals surface area contributed by atoms with Crippen molar-refractivity contribution in [2.45, 2.75) is 41.9 Å². The van der Waals surface area contributed by atoms with Crippen LogP contribution in [0.5, 0.6) is 0 Å². The maximum absolute atomic E-state index is 7.96. The predicted octanol–water partition coefficient (Wildman–Crippen LogP) is 3.37. The van der Waals surface area contributed by atoms with E-state index in [1.807, 2.05) is 17.8 Å². The van der Waals surface area contributed by atoms with Gasteiger partial charge in [-0.25, -0.2) is 0 Å². The largest absolute Gasteiger partial charge is 0.253 e. The Hall–Kier alpha value is -0.470. The van der Waals surface area contributed by atoms with Gasteiger partial charge in [-0.15, -0.1) is 11.8 Å². The van der Waals surface area contributed by atoms with Crippen molar-refractivity contribution in [1.82, 2.24) is 5.73 Å². The Morgan fingerprint density at radius 3 is 2.50 bits per heavy atom. The van der Waals surface area contributed by atoms with Crippen LogP contribution in [0.15, 0.2) is 35.2 Å². The summed E-state index contributed by atoms with van der Waals surface area (Å²) < 4.78 is 0. The van der Waals surface area contributed by atoms with Gasteiger partial charge in [-0.05, 0) is 25.0 Å². The lowest BCUT2D eigenvalue weighted by Gasteiger charge is -2.27. The van der Waals surface area contributed by atoms with Gasteiger partial charge < -0.3 is 0 Å². The third-order valence-corrected chi connectivity index (χ3v) is 4.14. The molecule has 75 valence electrons. The molecule has 14 heavy (non-hydrogen) atoms. The zero-order valence-electron chi connectivity index (χ0n) is 8.28. The first-order valence-electron chi connectivity index (χ1n) is 5.29. The van der Waals surface area contributed by atoms with Crippen LogP contribution < -0.4 is 5.73 Å². The third kappa shape index (κ3) is 2.52. The van der Waals surface area contributed by atoms with Crippen molar-refractivity contribution in [1.29, 1.82) is 0 Å². The summed E-state index contributed by atoms with van der Waals surface area (Å²) in [6.07, 6.45) is 4.86. The van der Waals surface area contributed by atoms with E-state index < -0.39 is 0 Å². The zero-order valence-corrected chi connectivity index (χ0v) is 9.09. The van der Waals surface area contributed by atoms with Crippen molar-refractivity contribution >= 4 is 11.8 Å². The minimum absolute atomic E-state index is 0.147. The van der Waals surface area contributed by atoms with Gasteiger partial charge in [0.15, 0.2) is 0 Å². The first-order chi connectivity index (χ1) is 6.86. The van der Waals surface area contributed by atoms with Crippen molar-refractivity contribution in [3.8, 4) is 0 Å². The second-order valence-electron chi connectivity index (χ2n) is 3.86. The second-order valence-corrected chi connectivity index (χ2v) is 5.17. The van der Waals surface area contributed by atoms with Crippen LogP contribution in [0.3, 0.4) is 0 Å². The molecular formula is C12H16NS. The maximum atomic E-state index is 7.96.